The van der Waals surface area contributed by atoms with Crippen LogP contribution in [0.4, 0.5) is 0 Å². The number of nitrogens with zero attached hydrogens (tertiary/aromatic N) is 6. The monoisotopic (exact) mass is 342 g/mol. The van der Waals surface area contributed by atoms with Crippen LogP contribution < -0.4 is 0 Å². The van der Waals surface area contributed by atoms with Gasteiger partial charge in [-0.25, -0.2) is 4.68 Å². The quantitative estimate of drug-likeness (QED) is 0.708. The van der Waals surface area contributed by atoms with Gasteiger partial charge in [0, 0.05) is 24.5 Å². The van der Waals surface area contributed by atoms with Gasteiger partial charge >= 0.3 is 0 Å². The second-order valence-corrected chi connectivity index (χ2v) is 5.68. The lowest BCUT2D eigenvalue weighted by molar-refractivity contribution is -0.132. The second kappa shape index (κ2) is 7.18. The van der Waals surface area contributed by atoms with E-state index in [1.165, 1.54) is 11.0 Å². The summed E-state index contributed by atoms with van der Waals surface area (Å²) in [6, 6.07) is 11.0. The van der Waals surface area contributed by atoms with Crippen molar-refractivity contribution in [1.29, 1.82) is 0 Å². The highest BCUT2D eigenvalue weighted by Gasteiger charge is 2.24. The normalized spacial score (nSPS) is 11.9. The molecule has 8 heteroatoms. The molecule has 0 radical (unpaired) electrons. The van der Waals surface area contributed by atoms with Crippen molar-refractivity contribution < 1.29 is 4.79 Å². The fourth-order valence-corrected chi connectivity index (χ4v) is 2.60. The molecule has 0 unspecified atom stereocenters. The zero-order valence-corrected chi connectivity index (χ0v) is 13.7. The van der Waals surface area contributed by atoms with Gasteiger partial charge in [-0.3, -0.25) is 9.78 Å². The third-order valence-corrected chi connectivity index (χ3v) is 3.93. The van der Waals surface area contributed by atoms with Gasteiger partial charge in [0.25, 0.3) is 0 Å². The smallest absolute Gasteiger partial charge is 0.244 e. The Morgan fingerprint density at radius 3 is 2.46 bits per heavy atom. The highest BCUT2D eigenvalue weighted by atomic mass is 35.5. The van der Waals surface area contributed by atoms with E-state index in [0.29, 0.717) is 5.02 Å². The van der Waals surface area contributed by atoms with Crippen LogP contribution in [0, 0.1) is 0 Å². The molecule has 0 N–H and O–H groups in total. The van der Waals surface area contributed by atoms with Gasteiger partial charge in [-0.05, 0) is 45.8 Å². The zero-order chi connectivity index (χ0) is 16.9. The Hall–Kier alpha value is -2.80. The van der Waals surface area contributed by atoms with E-state index in [9.17, 15) is 4.79 Å². The minimum Gasteiger partial charge on any atom is -0.333 e. The van der Waals surface area contributed by atoms with Crippen molar-refractivity contribution >= 4 is 17.5 Å². The van der Waals surface area contributed by atoms with E-state index in [0.717, 1.165) is 11.1 Å². The number of rotatable bonds is 5. The van der Waals surface area contributed by atoms with E-state index in [4.69, 9.17) is 11.6 Å². The van der Waals surface area contributed by atoms with Crippen LogP contribution >= 0.6 is 11.6 Å². The Bertz CT molecular complexity index is 791. The zero-order valence-electron chi connectivity index (χ0n) is 13.0. The largest absolute Gasteiger partial charge is 0.333 e. The Kier molecular flexibility index (Phi) is 4.81. The number of likely N-dealkylation sites (N-methyl/N-ethyl adjacent to an activating group) is 1. The van der Waals surface area contributed by atoms with Crippen LogP contribution in [0.15, 0.2) is 55.1 Å². The van der Waals surface area contributed by atoms with Crippen molar-refractivity contribution in [1.82, 2.24) is 30.1 Å². The van der Waals surface area contributed by atoms with Crippen LogP contribution in [0.1, 0.15) is 17.2 Å². The van der Waals surface area contributed by atoms with Crippen LogP contribution in [0.3, 0.4) is 0 Å². The van der Waals surface area contributed by atoms with E-state index < -0.39 is 0 Å². The molecule has 0 saturated heterocycles. The maximum absolute atomic E-state index is 12.6. The van der Waals surface area contributed by atoms with Crippen LogP contribution in [-0.2, 0) is 11.3 Å². The van der Waals surface area contributed by atoms with E-state index in [1.807, 2.05) is 36.4 Å². The molecular weight excluding hydrogens is 328 g/mol. The lowest BCUT2D eigenvalue weighted by Gasteiger charge is -2.29. The summed E-state index contributed by atoms with van der Waals surface area (Å²) in [5.74, 6) is -0.112. The molecule has 0 aliphatic carbocycles. The molecule has 2 aromatic heterocycles. The molecule has 0 aliphatic heterocycles. The molecule has 24 heavy (non-hydrogen) atoms. The molecule has 3 rings (SSSR count). The molecule has 3 aromatic rings. The second-order valence-electron chi connectivity index (χ2n) is 5.25. The van der Waals surface area contributed by atoms with Crippen molar-refractivity contribution in [3.8, 4) is 0 Å². The van der Waals surface area contributed by atoms with Gasteiger partial charge in [0.1, 0.15) is 12.9 Å². The first-order valence-corrected chi connectivity index (χ1v) is 7.65. The summed E-state index contributed by atoms with van der Waals surface area (Å²) in [5, 5.41) is 11.5. The molecule has 0 spiro atoms. The molecule has 0 saturated carbocycles. The number of pyridine rings is 1. The SMILES string of the molecule is CN(C(=O)Cn1cnnn1)[C@H](c1ccncc1)c1ccc(Cl)cc1. The van der Waals surface area contributed by atoms with E-state index in [1.54, 1.807) is 24.3 Å². The summed E-state index contributed by atoms with van der Waals surface area (Å²) in [7, 11) is 1.76. The van der Waals surface area contributed by atoms with Gasteiger partial charge in [-0.1, -0.05) is 23.7 Å². The number of benzene rings is 1. The number of tetrazole rings is 1. The first kappa shape index (κ1) is 16.1. The topological polar surface area (TPSA) is 76.8 Å². The van der Waals surface area contributed by atoms with Gasteiger partial charge in [-0.2, -0.15) is 0 Å². The average Bonchev–Trinajstić information content (AvgIpc) is 3.10. The van der Waals surface area contributed by atoms with Crippen LogP contribution in [-0.4, -0.2) is 43.0 Å². The van der Waals surface area contributed by atoms with Gasteiger partial charge in [-0.15, -0.1) is 5.10 Å². The first-order chi connectivity index (χ1) is 11.6. The highest BCUT2D eigenvalue weighted by molar-refractivity contribution is 6.30. The average molecular weight is 343 g/mol. The number of halogens is 1. The van der Waals surface area contributed by atoms with Crippen LogP contribution in [0.25, 0.3) is 0 Å². The summed E-state index contributed by atoms with van der Waals surface area (Å²) in [4.78, 5) is 18.3. The van der Waals surface area contributed by atoms with Gasteiger partial charge in [0.05, 0.1) is 6.04 Å². The number of hydrogen-bond donors (Lipinski definition) is 0. The molecule has 2 heterocycles. The summed E-state index contributed by atoms with van der Waals surface area (Å²) in [5.41, 5.74) is 1.91. The van der Waals surface area contributed by atoms with E-state index in [2.05, 4.69) is 20.5 Å². The number of aromatic nitrogens is 5. The fourth-order valence-electron chi connectivity index (χ4n) is 2.48. The summed E-state index contributed by atoms with van der Waals surface area (Å²) < 4.78 is 1.39. The third-order valence-electron chi connectivity index (χ3n) is 3.68. The minimum absolute atomic E-state index is 0.0681. The standard InChI is InChI=1S/C16H15ClN6O/c1-22(15(24)10-23-11-19-20-21-23)16(13-6-8-18-9-7-13)12-2-4-14(17)5-3-12/h2-9,11,16H,10H2,1H3/t16-/m0/s1. The molecule has 0 bridgehead atoms. The summed E-state index contributed by atoms with van der Waals surface area (Å²) >= 11 is 5.98. The number of carbonyl (C=O) groups excluding carboxylic acids is 1. The maximum atomic E-state index is 12.6. The van der Waals surface area contributed by atoms with Crippen molar-refractivity contribution in [3.63, 3.8) is 0 Å². The predicted octanol–water partition coefficient (Wildman–Crippen LogP) is 1.97. The maximum Gasteiger partial charge on any atom is 0.244 e. The first-order valence-electron chi connectivity index (χ1n) is 7.27. The number of amides is 1. The van der Waals surface area contributed by atoms with Gasteiger partial charge in [0.15, 0.2) is 0 Å². The Labute approximate surface area is 143 Å². The molecule has 7 nitrogen and oxygen atoms in total. The van der Waals surface area contributed by atoms with Crippen LogP contribution in [0.2, 0.25) is 5.02 Å². The summed E-state index contributed by atoms with van der Waals surface area (Å²) in [6.07, 6.45) is 4.82. The molecule has 1 aromatic carbocycles. The van der Waals surface area contributed by atoms with Crippen molar-refractivity contribution in [3.05, 3.63) is 71.3 Å². The van der Waals surface area contributed by atoms with Crippen molar-refractivity contribution in [2.45, 2.75) is 12.6 Å². The third kappa shape index (κ3) is 3.57. The molecule has 1 amide bonds. The Morgan fingerprint density at radius 1 is 1.17 bits per heavy atom. The van der Waals surface area contributed by atoms with Crippen molar-refractivity contribution in [2.75, 3.05) is 7.05 Å². The van der Waals surface area contributed by atoms with Crippen LogP contribution in [0.5, 0.6) is 0 Å². The highest BCUT2D eigenvalue weighted by Crippen LogP contribution is 2.28. The fraction of sp³-hybridized carbons (Fsp3) is 0.188. The lowest BCUT2D eigenvalue weighted by atomic mass is 9.98. The molecule has 1 atom stereocenters. The molecule has 122 valence electrons. The minimum atomic E-state index is -0.255. The number of hydrogen-bond acceptors (Lipinski definition) is 5. The predicted molar refractivity (Wildman–Crippen MR) is 88.1 cm³/mol. The number of carbonyl (C=O) groups is 1. The summed E-state index contributed by atoms with van der Waals surface area (Å²) in [6.45, 7) is 0.0681. The molecule has 0 fully saturated rings. The van der Waals surface area contributed by atoms with Gasteiger partial charge < -0.3 is 4.90 Å². The van der Waals surface area contributed by atoms with Crippen molar-refractivity contribution in [2.24, 2.45) is 0 Å². The molecule has 0 aliphatic rings. The van der Waals surface area contributed by atoms with Gasteiger partial charge in [0.2, 0.25) is 5.91 Å². The lowest BCUT2D eigenvalue weighted by Crippen LogP contribution is -2.34. The van der Waals surface area contributed by atoms with E-state index in [-0.39, 0.29) is 18.5 Å². The molecular formula is C16H15ClN6O. The van der Waals surface area contributed by atoms with E-state index >= 15 is 0 Å². The Balaban J connectivity index is 1.91. The Morgan fingerprint density at radius 2 is 1.83 bits per heavy atom.